The maximum atomic E-state index is 13.4. The van der Waals surface area contributed by atoms with E-state index in [1.165, 1.54) is 13.2 Å². The molecule has 2 rings (SSSR count). The predicted octanol–water partition coefficient (Wildman–Crippen LogP) is 1.78. The number of halogens is 1. The molecule has 0 N–H and O–H groups in total. The van der Waals surface area contributed by atoms with Gasteiger partial charge in [0.15, 0.2) is 11.6 Å². The highest BCUT2D eigenvalue weighted by atomic mass is 19.1. The molecular weight excluding hydrogens is 199 g/mol. The minimum Gasteiger partial charge on any atom is -0.496 e. The summed E-state index contributed by atoms with van der Waals surface area (Å²) in [5.41, 5.74) is 0.738. The lowest BCUT2D eigenvalue weighted by molar-refractivity contribution is 0.356. The Morgan fingerprint density at radius 3 is 2.67 bits per heavy atom. The molecule has 0 bridgehead atoms. The SMILES string of the molecule is COc1ccc(F)c(OC)c1CC1CO1. The molecule has 82 valence electrons. The summed E-state index contributed by atoms with van der Waals surface area (Å²) in [6.07, 6.45) is 0.805. The van der Waals surface area contributed by atoms with E-state index in [1.807, 2.05) is 0 Å². The Hall–Kier alpha value is -1.29. The summed E-state index contributed by atoms with van der Waals surface area (Å²) in [4.78, 5) is 0. The molecule has 15 heavy (non-hydrogen) atoms. The third-order valence-corrected chi connectivity index (χ3v) is 2.43. The summed E-state index contributed by atoms with van der Waals surface area (Å²) in [5, 5.41) is 0. The first kappa shape index (κ1) is 10.2. The van der Waals surface area contributed by atoms with Crippen molar-refractivity contribution in [1.82, 2.24) is 0 Å². The van der Waals surface area contributed by atoms with E-state index in [0.717, 1.165) is 12.2 Å². The molecule has 1 heterocycles. The van der Waals surface area contributed by atoms with Crippen LogP contribution in [0.25, 0.3) is 0 Å². The first-order valence-electron chi connectivity index (χ1n) is 4.77. The molecule has 1 aromatic carbocycles. The van der Waals surface area contributed by atoms with Crippen molar-refractivity contribution in [2.75, 3.05) is 20.8 Å². The quantitative estimate of drug-likeness (QED) is 0.713. The topological polar surface area (TPSA) is 31.0 Å². The van der Waals surface area contributed by atoms with Crippen LogP contribution in [0.1, 0.15) is 5.56 Å². The highest BCUT2D eigenvalue weighted by Crippen LogP contribution is 2.34. The summed E-state index contributed by atoms with van der Waals surface area (Å²) in [7, 11) is 3.01. The zero-order chi connectivity index (χ0) is 10.8. The molecule has 4 heteroatoms. The van der Waals surface area contributed by atoms with Gasteiger partial charge in [0.1, 0.15) is 5.75 Å². The first-order chi connectivity index (χ1) is 7.26. The molecule has 0 radical (unpaired) electrons. The van der Waals surface area contributed by atoms with Gasteiger partial charge in [0, 0.05) is 12.0 Å². The van der Waals surface area contributed by atoms with Gasteiger partial charge in [-0.3, -0.25) is 0 Å². The van der Waals surface area contributed by atoms with Crippen molar-refractivity contribution in [1.29, 1.82) is 0 Å². The van der Waals surface area contributed by atoms with E-state index >= 15 is 0 Å². The molecule has 1 aliphatic rings. The third kappa shape index (κ3) is 2.04. The lowest BCUT2D eigenvalue weighted by atomic mass is 10.1. The maximum absolute atomic E-state index is 13.4. The minimum absolute atomic E-state index is 0.176. The number of ether oxygens (including phenoxy) is 3. The Labute approximate surface area is 87.8 Å². The minimum atomic E-state index is -0.367. The normalized spacial score (nSPS) is 18.7. The lowest BCUT2D eigenvalue weighted by Gasteiger charge is -2.12. The molecule has 1 aliphatic heterocycles. The van der Waals surface area contributed by atoms with Crippen molar-refractivity contribution in [2.45, 2.75) is 12.5 Å². The number of benzene rings is 1. The van der Waals surface area contributed by atoms with Crippen molar-refractivity contribution in [3.8, 4) is 11.5 Å². The summed E-state index contributed by atoms with van der Waals surface area (Å²) in [5.74, 6) is 0.530. The Kier molecular flexibility index (Phi) is 2.77. The summed E-state index contributed by atoms with van der Waals surface area (Å²) in [6, 6.07) is 2.95. The van der Waals surface area contributed by atoms with E-state index in [0.29, 0.717) is 12.2 Å². The first-order valence-corrected chi connectivity index (χ1v) is 4.77. The summed E-state index contributed by atoms with van der Waals surface area (Å²) < 4.78 is 28.7. The number of rotatable bonds is 4. The van der Waals surface area contributed by atoms with Gasteiger partial charge >= 0.3 is 0 Å². The van der Waals surface area contributed by atoms with Crippen LogP contribution >= 0.6 is 0 Å². The van der Waals surface area contributed by atoms with Gasteiger partial charge in [-0.25, -0.2) is 4.39 Å². The maximum Gasteiger partial charge on any atom is 0.165 e. The lowest BCUT2D eigenvalue weighted by Crippen LogP contribution is -2.02. The molecule has 0 aliphatic carbocycles. The molecule has 1 unspecified atom stereocenters. The number of hydrogen-bond acceptors (Lipinski definition) is 3. The van der Waals surface area contributed by atoms with Crippen LogP contribution < -0.4 is 9.47 Å². The number of epoxide rings is 1. The van der Waals surface area contributed by atoms with E-state index in [4.69, 9.17) is 14.2 Å². The Balaban J connectivity index is 2.38. The van der Waals surface area contributed by atoms with E-state index in [2.05, 4.69) is 0 Å². The van der Waals surface area contributed by atoms with Crippen LogP contribution in [0.3, 0.4) is 0 Å². The Morgan fingerprint density at radius 1 is 1.40 bits per heavy atom. The Bertz CT molecular complexity index is 361. The molecule has 0 aromatic heterocycles. The fourth-order valence-electron chi connectivity index (χ4n) is 1.60. The number of methoxy groups -OCH3 is 2. The van der Waals surface area contributed by atoms with Crippen LogP contribution in [-0.4, -0.2) is 26.9 Å². The largest absolute Gasteiger partial charge is 0.496 e. The fraction of sp³-hybridized carbons (Fsp3) is 0.455. The summed E-state index contributed by atoms with van der Waals surface area (Å²) in [6.45, 7) is 0.725. The molecule has 1 fully saturated rings. The van der Waals surface area contributed by atoms with Gasteiger partial charge in [0.05, 0.1) is 26.9 Å². The zero-order valence-corrected chi connectivity index (χ0v) is 8.75. The van der Waals surface area contributed by atoms with Crippen molar-refractivity contribution < 1.29 is 18.6 Å². The molecular formula is C11H13FO3. The van der Waals surface area contributed by atoms with Crippen LogP contribution in [-0.2, 0) is 11.2 Å². The van der Waals surface area contributed by atoms with Crippen LogP contribution in [0.4, 0.5) is 4.39 Å². The van der Waals surface area contributed by atoms with E-state index in [-0.39, 0.29) is 17.7 Å². The summed E-state index contributed by atoms with van der Waals surface area (Å²) >= 11 is 0. The second-order valence-corrected chi connectivity index (χ2v) is 3.42. The molecule has 1 saturated heterocycles. The molecule has 0 spiro atoms. The highest BCUT2D eigenvalue weighted by Gasteiger charge is 2.27. The van der Waals surface area contributed by atoms with Crippen molar-refractivity contribution in [3.63, 3.8) is 0 Å². The smallest absolute Gasteiger partial charge is 0.165 e. The van der Waals surface area contributed by atoms with E-state index in [1.54, 1.807) is 13.2 Å². The van der Waals surface area contributed by atoms with Gasteiger partial charge in [-0.2, -0.15) is 0 Å². The molecule has 3 nitrogen and oxygen atoms in total. The standard InChI is InChI=1S/C11H13FO3/c1-13-10-4-3-9(12)11(14-2)8(10)5-7-6-15-7/h3-4,7H,5-6H2,1-2H3. The monoisotopic (exact) mass is 212 g/mol. The van der Waals surface area contributed by atoms with Gasteiger partial charge in [0.2, 0.25) is 0 Å². The second-order valence-electron chi connectivity index (χ2n) is 3.42. The third-order valence-electron chi connectivity index (χ3n) is 2.43. The van der Waals surface area contributed by atoms with E-state index < -0.39 is 0 Å². The molecule has 1 atom stereocenters. The van der Waals surface area contributed by atoms with Crippen LogP contribution in [0, 0.1) is 5.82 Å². The van der Waals surface area contributed by atoms with E-state index in [9.17, 15) is 4.39 Å². The molecule has 0 saturated carbocycles. The zero-order valence-electron chi connectivity index (χ0n) is 8.75. The fourth-order valence-corrected chi connectivity index (χ4v) is 1.60. The van der Waals surface area contributed by atoms with Gasteiger partial charge in [0.25, 0.3) is 0 Å². The average Bonchev–Trinajstić information content (AvgIpc) is 3.03. The van der Waals surface area contributed by atoms with Gasteiger partial charge in [-0.15, -0.1) is 0 Å². The molecule has 0 amide bonds. The van der Waals surface area contributed by atoms with Crippen molar-refractivity contribution in [2.24, 2.45) is 0 Å². The van der Waals surface area contributed by atoms with Gasteiger partial charge < -0.3 is 14.2 Å². The van der Waals surface area contributed by atoms with Crippen LogP contribution in [0.2, 0.25) is 0 Å². The predicted molar refractivity (Wildman–Crippen MR) is 52.9 cm³/mol. The Morgan fingerprint density at radius 2 is 2.13 bits per heavy atom. The van der Waals surface area contributed by atoms with Crippen LogP contribution in [0.5, 0.6) is 11.5 Å². The van der Waals surface area contributed by atoms with Crippen molar-refractivity contribution in [3.05, 3.63) is 23.5 Å². The van der Waals surface area contributed by atoms with Crippen LogP contribution in [0.15, 0.2) is 12.1 Å². The van der Waals surface area contributed by atoms with Gasteiger partial charge in [-0.05, 0) is 12.1 Å². The number of hydrogen-bond donors (Lipinski definition) is 0. The van der Waals surface area contributed by atoms with Crippen molar-refractivity contribution >= 4 is 0 Å². The second kappa shape index (κ2) is 4.06. The average molecular weight is 212 g/mol. The van der Waals surface area contributed by atoms with Gasteiger partial charge in [-0.1, -0.05) is 0 Å². The highest BCUT2D eigenvalue weighted by molar-refractivity contribution is 5.46. The molecule has 1 aromatic rings.